The Balaban J connectivity index is 1.14. The number of nitrogens with zero attached hydrogens (tertiary/aromatic N) is 2. The second-order valence-electron chi connectivity index (χ2n) is 15.0. The molecule has 3 heteroatoms. The van der Waals surface area contributed by atoms with Crippen molar-refractivity contribution in [2.45, 2.75) is 38.5 Å². The molecule has 10 rings (SSSR count). The zero-order valence-electron chi connectivity index (χ0n) is 29.3. The van der Waals surface area contributed by atoms with Gasteiger partial charge in [0.15, 0.2) is 0 Å². The summed E-state index contributed by atoms with van der Waals surface area (Å²) in [4.78, 5) is 4.86. The number of benzene rings is 7. The summed E-state index contributed by atoms with van der Waals surface area (Å²) < 4.78 is 6.22. The topological polar surface area (TPSA) is 19.6 Å². The van der Waals surface area contributed by atoms with E-state index in [9.17, 15) is 0 Å². The molecule has 3 nitrogen and oxygen atoms in total. The summed E-state index contributed by atoms with van der Waals surface area (Å²) in [5.41, 5.74) is 16.4. The van der Waals surface area contributed by atoms with Gasteiger partial charge in [0.1, 0.15) is 11.2 Å². The van der Waals surface area contributed by atoms with Crippen molar-refractivity contribution in [1.29, 1.82) is 0 Å². The number of hydrogen-bond acceptors (Lipinski definition) is 3. The molecule has 51 heavy (non-hydrogen) atoms. The molecule has 0 radical (unpaired) electrons. The van der Waals surface area contributed by atoms with Crippen LogP contribution in [0.1, 0.15) is 49.9 Å². The predicted octanol–water partition coefficient (Wildman–Crippen LogP) is 13.5. The van der Waals surface area contributed by atoms with Crippen LogP contribution in [0.5, 0.6) is 0 Å². The average Bonchev–Trinajstić information content (AvgIpc) is 3.54. The fourth-order valence-electron chi connectivity index (χ4n) is 8.75. The fraction of sp³-hybridized carbons (Fsp3) is 0.125. The molecule has 246 valence electrons. The molecule has 0 atom stereocenters. The first-order chi connectivity index (χ1) is 24.8. The maximum absolute atomic E-state index is 6.22. The minimum absolute atomic E-state index is 0.174. The normalized spacial score (nSPS) is 15.3. The predicted molar refractivity (Wildman–Crippen MR) is 213 cm³/mol. The molecule has 7 aromatic carbocycles. The van der Waals surface area contributed by atoms with Crippen LogP contribution in [0.2, 0.25) is 0 Å². The van der Waals surface area contributed by atoms with E-state index < -0.39 is 0 Å². The maximum atomic E-state index is 6.22. The third kappa shape index (κ3) is 4.31. The summed E-state index contributed by atoms with van der Waals surface area (Å²) in [5, 5.41) is 2.27. The van der Waals surface area contributed by atoms with Crippen molar-refractivity contribution in [2.24, 2.45) is 0 Å². The van der Waals surface area contributed by atoms with Gasteiger partial charge in [0.05, 0.1) is 22.7 Å². The van der Waals surface area contributed by atoms with E-state index in [0.29, 0.717) is 0 Å². The lowest BCUT2D eigenvalue weighted by Crippen LogP contribution is -2.31. The van der Waals surface area contributed by atoms with Gasteiger partial charge in [-0.05, 0) is 106 Å². The maximum Gasteiger partial charge on any atom is 0.135 e. The van der Waals surface area contributed by atoms with Gasteiger partial charge in [0.25, 0.3) is 0 Å². The SMILES string of the molecule is CC1(C)c2ccccc2N(c2ccccc2)c2ccc(-c3ccc4c(c3)C(C)(C)c3ccccc3N4c3ccc4oc5ccccc5c4c3)cc21. The Labute approximate surface area is 299 Å². The van der Waals surface area contributed by atoms with Gasteiger partial charge in [-0.25, -0.2) is 0 Å². The Morgan fingerprint density at radius 1 is 0.373 bits per heavy atom. The second-order valence-corrected chi connectivity index (χ2v) is 15.0. The molecule has 0 amide bonds. The van der Waals surface area contributed by atoms with Gasteiger partial charge >= 0.3 is 0 Å². The van der Waals surface area contributed by atoms with Crippen molar-refractivity contribution < 1.29 is 4.42 Å². The molecule has 3 heterocycles. The molecule has 0 saturated carbocycles. The van der Waals surface area contributed by atoms with Crippen molar-refractivity contribution in [1.82, 2.24) is 0 Å². The van der Waals surface area contributed by atoms with Crippen LogP contribution in [0.25, 0.3) is 33.1 Å². The van der Waals surface area contributed by atoms with Gasteiger partial charge in [0.2, 0.25) is 0 Å². The second kappa shape index (κ2) is 10.7. The molecule has 0 N–H and O–H groups in total. The van der Waals surface area contributed by atoms with Gasteiger partial charge in [-0.3, -0.25) is 0 Å². The van der Waals surface area contributed by atoms with E-state index in [2.05, 4.69) is 183 Å². The van der Waals surface area contributed by atoms with Gasteiger partial charge in [-0.2, -0.15) is 0 Å². The smallest absolute Gasteiger partial charge is 0.135 e. The van der Waals surface area contributed by atoms with Crippen molar-refractivity contribution in [3.63, 3.8) is 0 Å². The van der Waals surface area contributed by atoms with Crippen LogP contribution in [0, 0.1) is 0 Å². The van der Waals surface area contributed by atoms with E-state index in [1.54, 1.807) is 0 Å². The molecule has 0 unspecified atom stereocenters. The first-order valence-corrected chi connectivity index (χ1v) is 17.9. The molecule has 8 aromatic rings. The summed E-state index contributed by atoms with van der Waals surface area (Å²) in [6.45, 7) is 9.45. The molecule has 1 aromatic heterocycles. The number of fused-ring (bicyclic) bond motifs is 7. The lowest BCUT2D eigenvalue weighted by molar-refractivity contribution is 0.631. The average molecular weight is 659 g/mol. The fourth-order valence-corrected chi connectivity index (χ4v) is 8.75. The summed E-state index contributed by atoms with van der Waals surface area (Å²) in [7, 11) is 0. The van der Waals surface area contributed by atoms with E-state index >= 15 is 0 Å². The van der Waals surface area contributed by atoms with E-state index in [0.717, 1.165) is 27.6 Å². The highest BCUT2D eigenvalue weighted by molar-refractivity contribution is 6.07. The van der Waals surface area contributed by atoms with Crippen LogP contribution < -0.4 is 9.80 Å². The van der Waals surface area contributed by atoms with Crippen LogP contribution in [0.4, 0.5) is 34.1 Å². The monoisotopic (exact) mass is 658 g/mol. The Kier molecular flexibility index (Phi) is 6.27. The Bertz CT molecular complexity index is 2660. The van der Waals surface area contributed by atoms with Crippen molar-refractivity contribution in [2.75, 3.05) is 9.80 Å². The first kappa shape index (κ1) is 29.8. The number of hydrogen-bond donors (Lipinski definition) is 0. The van der Waals surface area contributed by atoms with Crippen LogP contribution in [0.15, 0.2) is 162 Å². The van der Waals surface area contributed by atoms with E-state index in [4.69, 9.17) is 4.42 Å². The molecule has 0 bridgehead atoms. The van der Waals surface area contributed by atoms with Gasteiger partial charge in [-0.15, -0.1) is 0 Å². The Morgan fingerprint density at radius 2 is 0.863 bits per heavy atom. The number of rotatable bonds is 3. The van der Waals surface area contributed by atoms with Gasteiger partial charge in [0, 0.05) is 33.0 Å². The largest absolute Gasteiger partial charge is 0.456 e. The molecule has 0 saturated heterocycles. The lowest BCUT2D eigenvalue weighted by atomic mass is 9.71. The molecule has 2 aliphatic rings. The van der Waals surface area contributed by atoms with E-state index in [1.807, 2.05) is 12.1 Å². The van der Waals surface area contributed by atoms with Crippen LogP contribution in [0.3, 0.4) is 0 Å². The molecule has 2 aliphatic heterocycles. The summed E-state index contributed by atoms with van der Waals surface area (Å²) in [5.74, 6) is 0. The highest BCUT2D eigenvalue weighted by atomic mass is 16.3. The first-order valence-electron chi connectivity index (χ1n) is 17.9. The highest BCUT2D eigenvalue weighted by Gasteiger charge is 2.39. The van der Waals surface area contributed by atoms with Crippen LogP contribution >= 0.6 is 0 Å². The summed E-state index contributed by atoms with van der Waals surface area (Å²) in [6.07, 6.45) is 0. The van der Waals surface area contributed by atoms with Crippen LogP contribution in [-0.4, -0.2) is 0 Å². The number of furan rings is 1. The zero-order valence-corrected chi connectivity index (χ0v) is 29.3. The van der Waals surface area contributed by atoms with Gasteiger partial charge in [-0.1, -0.05) is 113 Å². The van der Waals surface area contributed by atoms with Crippen molar-refractivity contribution in [3.8, 4) is 11.1 Å². The standard InChI is InChI=1S/C48H38N2O/c1-47(2)37-17-9-11-19-41(37)49(33-14-6-5-7-15-33)43-25-22-31(28-39(43)47)32-23-26-44-40(29-32)48(3,4)38-18-10-12-20-42(38)50(44)34-24-27-46-36(30-34)35-16-8-13-21-45(35)51-46/h5-30H,1-4H3. The molecule has 0 fully saturated rings. The van der Waals surface area contributed by atoms with Crippen LogP contribution in [-0.2, 0) is 10.8 Å². The lowest BCUT2D eigenvalue weighted by Gasteiger charge is -2.43. The Morgan fingerprint density at radius 3 is 1.49 bits per heavy atom. The summed E-state index contributed by atoms with van der Waals surface area (Å²) in [6, 6.07) is 57.5. The molecular formula is C48H38N2O. The quantitative estimate of drug-likeness (QED) is 0.188. The summed E-state index contributed by atoms with van der Waals surface area (Å²) >= 11 is 0. The van der Waals surface area contributed by atoms with E-state index in [1.165, 1.54) is 61.8 Å². The third-order valence-electron chi connectivity index (χ3n) is 11.4. The number of anilines is 6. The van der Waals surface area contributed by atoms with E-state index in [-0.39, 0.29) is 10.8 Å². The molecule has 0 spiro atoms. The molecule has 0 aliphatic carbocycles. The highest BCUT2D eigenvalue weighted by Crippen LogP contribution is 2.55. The molecular weight excluding hydrogens is 621 g/mol. The number of para-hydroxylation sites is 4. The Hall–Kier alpha value is -6.06. The zero-order chi connectivity index (χ0) is 34.5. The van der Waals surface area contributed by atoms with Gasteiger partial charge < -0.3 is 14.2 Å². The minimum Gasteiger partial charge on any atom is -0.456 e. The third-order valence-corrected chi connectivity index (χ3v) is 11.4. The van der Waals surface area contributed by atoms with Crippen molar-refractivity contribution in [3.05, 3.63) is 180 Å². The minimum atomic E-state index is -0.207. The van der Waals surface area contributed by atoms with Crippen molar-refractivity contribution >= 4 is 56.1 Å².